The molecule has 0 N–H and O–H groups in total. The lowest BCUT2D eigenvalue weighted by Crippen LogP contribution is -2.30. The maximum atomic E-state index is 12.7. The summed E-state index contributed by atoms with van der Waals surface area (Å²) in [5.74, 6) is -0.515. The summed E-state index contributed by atoms with van der Waals surface area (Å²) in [6, 6.07) is 0. The van der Waals surface area contributed by atoms with Gasteiger partial charge in [-0.15, -0.1) is 0 Å². The molecule has 0 aliphatic heterocycles. The van der Waals surface area contributed by atoms with E-state index in [-0.39, 0.29) is 25.2 Å². The molecule has 0 bridgehead atoms. The summed E-state index contributed by atoms with van der Waals surface area (Å²) in [7, 11) is 0. The minimum Gasteiger partial charge on any atom is -0.462 e. The highest BCUT2D eigenvalue weighted by Gasteiger charge is 2.17. The second kappa shape index (κ2) is 48.2. The van der Waals surface area contributed by atoms with Crippen molar-refractivity contribution in [2.45, 2.75) is 207 Å². The highest BCUT2D eigenvalue weighted by Crippen LogP contribution is 2.12. The number of carbonyl (C=O) groups excluding carboxylic acids is 2. The quantitative estimate of drug-likeness (QED) is 0.0349. The zero-order valence-electron chi connectivity index (χ0n) is 37.8. The summed E-state index contributed by atoms with van der Waals surface area (Å²) >= 11 is 0. The van der Waals surface area contributed by atoms with E-state index in [0.717, 1.165) is 77.0 Å². The van der Waals surface area contributed by atoms with Crippen molar-refractivity contribution in [3.05, 3.63) is 97.2 Å². The topological polar surface area (TPSA) is 61.8 Å². The average molecular weight is 805 g/mol. The number of hydrogen-bond donors (Lipinski definition) is 0. The molecule has 0 saturated heterocycles. The molecule has 0 amide bonds. The van der Waals surface area contributed by atoms with E-state index >= 15 is 0 Å². The van der Waals surface area contributed by atoms with Crippen LogP contribution in [0.1, 0.15) is 201 Å². The van der Waals surface area contributed by atoms with Crippen LogP contribution < -0.4 is 0 Å². The Hall–Kier alpha value is -3.18. The first-order valence-electron chi connectivity index (χ1n) is 23.8. The van der Waals surface area contributed by atoms with Gasteiger partial charge in [0, 0.05) is 19.4 Å². The molecule has 0 aliphatic rings. The number of carbonyl (C=O) groups is 2. The van der Waals surface area contributed by atoms with Crippen molar-refractivity contribution in [1.82, 2.24) is 0 Å². The van der Waals surface area contributed by atoms with E-state index in [1.807, 2.05) is 6.08 Å². The van der Waals surface area contributed by atoms with E-state index < -0.39 is 6.10 Å². The zero-order valence-corrected chi connectivity index (χ0v) is 37.8. The van der Waals surface area contributed by atoms with Crippen LogP contribution in [-0.2, 0) is 23.8 Å². The molecule has 0 aromatic rings. The molecule has 0 aromatic heterocycles. The van der Waals surface area contributed by atoms with Crippen molar-refractivity contribution < 1.29 is 23.8 Å². The van der Waals surface area contributed by atoms with E-state index in [0.29, 0.717) is 25.9 Å². The van der Waals surface area contributed by atoms with Gasteiger partial charge in [0.25, 0.3) is 0 Å². The highest BCUT2D eigenvalue weighted by atomic mass is 16.6. The Kier molecular flexibility index (Phi) is 45.5. The van der Waals surface area contributed by atoms with Gasteiger partial charge in [-0.05, 0) is 96.3 Å². The molecule has 5 nitrogen and oxygen atoms in total. The molecule has 1 atom stereocenters. The molecule has 1 unspecified atom stereocenters. The smallest absolute Gasteiger partial charge is 0.306 e. The summed E-state index contributed by atoms with van der Waals surface area (Å²) in [4.78, 5) is 25.2. The zero-order chi connectivity index (χ0) is 42.1. The summed E-state index contributed by atoms with van der Waals surface area (Å²) in [5, 5.41) is 0. The minimum atomic E-state index is -0.577. The second-order valence-electron chi connectivity index (χ2n) is 15.3. The third-order valence-electron chi connectivity index (χ3n) is 9.59. The van der Waals surface area contributed by atoms with Crippen LogP contribution in [0.4, 0.5) is 0 Å². The van der Waals surface area contributed by atoms with Gasteiger partial charge in [-0.2, -0.15) is 0 Å². The molecule has 0 spiro atoms. The summed E-state index contributed by atoms with van der Waals surface area (Å²) in [6.07, 6.45) is 64.2. The van der Waals surface area contributed by atoms with E-state index in [2.05, 4.69) is 112 Å². The molecule has 0 aliphatic carbocycles. The summed E-state index contributed by atoms with van der Waals surface area (Å²) < 4.78 is 17.2. The lowest BCUT2D eigenvalue weighted by molar-refractivity contribution is -0.162. The Bertz CT molecular complexity index is 1140. The normalized spacial score (nSPS) is 13.1. The predicted octanol–water partition coefficient (Wildman–Crippen LogP) is 15.9. The van der Waals surface area contributed by atoms with Crippen molar-refractivity contribution in [3.8, 4) is 0 Å². The van der Waals surface area contributed by atoms with Gasteiger partial charge in [0.1, 0.15) is 6.61 Å². The first kappa shape index (κ1) is 54.8. The van der Waals surface area contributed by atoms with Crippen LogP contribution in [0, 0.1) is 0 Å². The van der Waals surface area contributed by atoms with Gasteiger partial charge in [0.15, 0.2) is 6.10 Å². The molecule has 0 radical (unpaired) electrons. The molecule has 0 aromatic carbocycles. The fraction of sp³-hybridized carbons (Fsp3) is 0.660. The lowest BCUT2D eigenvalue weighted by atomic mass is 10.1. The van der Waals surface area contributed by atoms with Crippen molar-refractivity contribution >= 4 is 11.9 Å². The van der Waals surface area contributed by atoms with Gasteiger partial charge >= 0.3 is 11.9 Å². The second-order valence-corrected chi connectivity index (χ2v) is 15.3. The largest absolute Gasteiger partial charge is 0.462 e. The van der Waals surface area contributed by atoms with Crippen molar-refractivity contribution in [2.24, 2.45) is 0 Å². The number of hydrogen-bond acceptors (Lipinski definition) is 5. The number of allylic oxidation sites excluding steroid dienone is 16. The van der Waals surface area contributed by atoms with Crippen LogP contribution in [0.5, 0.6) is 0 Å². The van der Waals surface area contributed by atoms with Crippen LogP contribution >= 0.6 is 0 Å². The van der Waals surface area contributed by atoms with E-state index in [1.165, 1.54) is 83.5 Å². The standard InChI is InChI=1S/C53H88O5/c1-4-7-10-13-16-19-22-24-25-26-27-28-29-30-32-34-37-40-43-46-52(54)57-50-51(49-56-48-45-42-39-36-33-23-20-17-14-11-8-5-2)58-53(55)47-44-41-38-35-31-21-18-15-12-9-6-3/h7,10,14-19,24-25,27-28,30,32,37,40,51H,4-6,8-9,11-13,20-23,26,29,31,33-36,38-39,41-50H2,1-3H3/b10-7-,17-14-,18-15-,19-16-,25-24-,28-27-,32-30-,40-37-. The molecule has 0 rings (SSSR count). The van der Waals surface area contributed by atoms with Crippen LogP contribution in [-0.4, -0.2) is 37.9 Å². The first-order chi connectivity index (χ1) is 28.6. The number of ether oxygens (including phenoxy) is 3. The van der Waals surface area contributed by atoms with E-state index in [9.17, 15) is 9.59 Å². The van der Waals surface area contributed by atoms with Crippen molar-refractivity contribution in [1.29, 1.82) is 0 Å². The predicted molar refractivity (Wildman–Crippen MR) is 251 cm³/mol. The average Bonchev–Trinajstić information content (AvgIpc) is 3.22. The van der Waals surface area contributed by atoms with Gasteiger partial charge in [-0.3, -0.25) is 9.59 Å². The third-order valence-corrected chi connectivity index (χ3v) is 9.59. The van der Waals surface area contributed by atoms with Gasteiger partial charge in [-0.25, -0.2) is 0 Å². The van der Waals surface area contributed by atoms with Crippen LogP contribution in [0.3, 0.4) is 0 Å². The first-order valence-corrected chi connectivity index (χ1v) is 23.8. The van der Waals surface area contributed by atoms with Crippen LogP contribution in [0.15, 0.2) is 97.2 Å². The molecule has 0 fully saturated rings. The third kappa shape index (κ3) is 45.5. The van der Waals surface area contributed by atoms with E-state index in [1.54, 1.807) is 0 Å². The molecular formula is C53H88O5. The Labute approximate surface area is 358 Å². The molecule has 0 heterocycles. The number of rotatable bonds is 42. The van der Waals surface area contributed by atoms with Crippen molar-refractivity contribution in [3.63, 3.8) is 0 Å². The summed E-state index contributed by atoms with van der Waals surface area (Å²) in [5.41, 5.74) is 0. The van der Waals surface area contributed by atoms with Gasteiger partial charge in [-0.1, -0.05) is 189 Å². The maximum Gasteiger partial charge on any atom is 0.306 e. The number of unbranched alkanes of at least 4 members (excludes halogenated alkanes) is 15. The fourth-order valence-electron chi connectivity index (χ4n) is 6.03. The van der Waals surface area contributed by atoms with Gasteiger partial charge < -0.3 is 14.2 Å². The van der Waals surface area contributed by atoms with Crippen LogP contribution in [0.25, 0.3) is 0 Å². The Morgan fingerprint density at radius 3 is 1.31 bits per heavy atom. The van der Waals surface area contributed by atoms with Gasteiger partial charge in [0.05, 0.1) is 6.61 Å². The molecule has 58 heavy (non-hydrogen) atoms. The SMILES string of the molecule is CC/C=C\C/C=C\C/C=C\C/C=C\C/C=C\C/C=C\CCC(=O)OCC(COCCCCCCCC/C=C\CCCC)OC(=O)CCCCCCC/C=C\CCCC. The minimum absolute atomic E-state index is 0.0347. The Morgan fingerprint density at radius 2 is 0.810 bits per heavy atom. The number of esters is 2. The molecular weight excluding hydrogens is 717 g/mol. The van der Waals surface area contributed by atoms with Crippen LogP contribution in [0.2, 0.25) is 0 Å². The summed E-state index contributed by atoms with van der Waals surface area (Å²) in [6.45, 7) is 7.53. The monoisotopic (exact) mass is 805 g/mol. The lowest BCUT2D eigenvalue weighted by Gasteiger charge is -2.18. The molecule has 330 valence electrons. The van der Waals surface area contributed by atoms with E-state index in [4.69, 9.17) is 14.2 Å². The molecule has 0 saturated carbocycles. The van der Waals surface area contributed by atoms with Crippen molar-refractivity contribution in [2.75, 3.05) is 19.8 Å². The Morgan fingerprint density at radius 1 is 0.397 bits per heavy atom. The fourth-order valence-corrected chi connectivity index (χ4v) is 6.03. The van der Waals surface area contributed by atoms with Gasteiger partial charge in [0.2, 0.25) is 0 Å². The molecule has 5 heteroatoms. The highest BCUT2D eigenvalue weighted by molar-refractivity contribution is 5.70. The maximum absolute atomic E-state index is 12.7. The Balaban J connectivity index is 4.39.